The first kappa shape index (κ1) is 27.2. The van der Waals surface area contributed by atoms with Crippen molar-refractivity contribution in [3.05, 3.63) is 60.3 Å². The zero-order valence-electron chi connectivity index (χ0n) is 19.0. The molecular weight excluding hydrogens is 452 g/mol. The molecule has 0 aliphatic carbocycles. The number of rotatable bonds is 7. The zero-order valence-corrected chi connectivity index (χ0v) is 19.7. The van der Waals surface area contributed by atoms with E-state index >= 15 is 0 Å². The molecule has 0 aliphatic heterocycles. The lowest BCUT2D eigenvalue weighted by Gasteiger charge is -2.06. The second-order valence-electron chi connectivity index (χ2n) is 5.69. The van der Waals surface area contributed by atoms with E-state index in [9.17, 15) is 4.79 Å². The van der Waals surface area contributed by atoms with Crippen LogP contribution in [0.1, 0.15) is 30.0 Å². The van der Waals surface area contributed by atoms with E-state index in [4.69, 9.17) is 30.5 Å². The SMILES string of the molecule is C=C(OCC)c1cncc(OC)n1.COc1cncc(C(C)=O)n1.COc1cncc(Cl)n1. The summed E-state index contributed by atoms with van der Waals surface area (Å²) in [6.45, 7) is 7.60. The molecular formula is C21H25ClN6O5. The predicted molar refractivity (Wildman–Crippen MR) is 121 cm³/mol. The molecule has 3 heterocycles. The van der Waals surface area contributed by atoms with E-state index in [-0.39, 0.29) is 5.78 Å². The van der Waals surface area contributed by atoms with Gasteiger partial charge in [-0.15, -0.1) is 0 Å². The van der Waals surface area contributed by atoms with Crippen molar-refractivity contribution in [1.82, 2.24) is 29.9 Å². The molecule has 0 saturated heterocycles. The second-order valence-corrected chi connectivity index (χ2v) is 6.08. The molecule has 3 aromatic rings. The van der Waals surface area contributed by atoms with Crippen molar-refractivity contribution in [2.45, 2.75) is 13.8 Å². The van der Waals surface area contributed by atoms with Crippen LogP contribution in [0.25, 0.3) is 5.76 Å². The summed E-state index contributed by atoms with van der Waals surface area (Å²) in [6, 6.07) is 0. The van der Waals surface area contributed by atoms with Crippen LogP contribution >= 0.6 is 11.6 Å². The van der Waals surface area contributed by atoms with E-state index in [0.717, 1.165) is 0 Å². The fourth-order valence-electron chi connectivity index (χ4n) is 1.87. The maximum Gasteiger partial charge on any atom is 0.233 e. The van der Waals surface area contributed by atoms with Crippen molar-refractivity contribution < 1.29 is 23.7 Å². The summed E-state index contributed by atoms with van der Waals surface area (Å²) in [5.74, 6) is 1.64. The maximum absolute atomic E-state index is 10.8. The van der Waals surface area contributed by atoms with Crippen LogP contribution in [0.3, 0.4) is 0 Å². The summed E-state index contributed by atoms with van der Waals surface area (Å²) in [6.07, 6.45) is 8.91. The van der Waals surface area contributed by atoms with E-state index in [1.54, 1.807) is 6.20 Å². The largest absolute Gasteiger partial charge is 0.492 e. The summed E-state index contributed by atoms with van der Waals surface area (Å²) < 4.78 is 19.6. The monoisotopic (exact) mass is 476 g/mol. The lowest BCUT2D eigenvalue weighted by atomic mass is 10.3. The Hall–Kier alpha value is -3.86. The molecule has 0 radical (unpaired) electrons. The van der Waals surface area contributed by atoms with Crippen molar-refractivity contribution in [3.63, 3.8) is 0 Å². The average Bonchev–Trinajstić information content (AvgIpc) is 2.85. The quantitative estimate of drug-likeness (QED) is 0.367. The fraction of sp³-hybridized carbons (Fsp3) is 0.286. The number of halogens is 1. The lowest BCUT2D eigenvalue weighted by molar-refractivity contribution is 0.101. The molecule has 0 atom stereocenters. The second kappa shape index (κ2) is 15.0. The highest BCUT2D eigenvalue weighted by atomic mass is 35.5. The Bertz CT molecular complexity index is 1040. The first-order valence-corrected chi connectivity index (χ1v) is 9.78. The molecule has 33 heavy (non-hydrogen) atoms. The average molecular weight is 477 g/mol. The molecule has 0 bridgehead atoms. The number of aromatic nitrogens is 6. The number of carbonyl (C=O) groups excluding carboxylic acids is 1. The molecule has 12 heteroatoms. The first-order chi connectivity index (χ1) is 15.8. The van der Waals surface area contributed by atoms with Gasteiger partial charge in [0.15, 0.2) is 10.9 Å². The van der Waals surface area contributed by atoms with Crippen molar-refractivity contribution in [2.24, 2.45) is 0 Å². The van der Waals surface area contributed by atoms with E-state index in [0.29, 0.717) is 46.5 Å². The van der Waals surface area contributed by atoms with E-state index in [2.05, 4.69) is 36.5 Å². The van der Waals surface area contributed by atoms with Crippen LogP contribution in [0.15, 0.2) is 43.8 Å². The summed E-state index contributed by atoms with van der Waals surface area (Å²) in [5, 5.41) is 0.342. The van der Waals surface area contributed by atoms with E-state index < -0.39 is 0 Å². The van der Waals surface area contributed by atoms with Gasteiger partial charge in [0, 0.05) is 6.92 Å². The number of Topliss-reactive ketones (excluding diaryl/α,β-unsaturated/α-hetero) is 1. The Labute approximate surface area is 196 Å². The summed E-state index contributed by atoms with van der Waals surface area (Å²) in [4.78, 5) is 33.9. The summed E-state index contributed by atoms with van der Waals surface area (Å²) in [5.41, 5.74) is 0.922. The molecule has 0 spiro atoms. The van der Waals surface area contributed by atoms with Gasteiger partial charge in [-0.2, -0.15) is 4.98 Å². The third-order valence-electron chi connectivity index (χ3n) is 3.40. The maximum atomic E-state index is 10.8. The van der Waals surface area contributed by atoms with Gasteiger partial charge in [-0.1, -0.05) is 18.2 Å². The molecule has 0 amide bonds. The van der Waals surface area contributed by atoms with Gasteiger partial charge in [-0.05, 0) is 6.92 Å². The molecule has 0 saturated carbocycles. The minimum Gasteiger partial charge on any atom is -0.492 e. The Kier molecular flexibility index (Phi) is 12.4. The van der Waals surface area contributed by atoms with Gasteiger partial charge < -0.3 is 18.9 Å². The molecule has 176 valence electrons. The van der Waals surface area contributed by atoms with Crippen molar-refractivity contribution in [2.75, 3.05) is 27.9 Å². The Morgan fingerprint density at radius 2 is 1.27 bits per heavy atom. The van der Waals surface area contributed by atoms with Crippen LogP contribution in [-0.2, 0) is 4.74 Å². The van der Waals surface area contributed by atoms with Gasteiger partial charge in [-0.3, -0.25) is 19.7 Å². The van der Waals surface area contributed by atoms with Crippen molar-refractivity contribution in [3.8, 4) is 17.6 Å². The van der Waals surface area contributed by atoms with Gasteiger partial charge in [0.05, 0.1) is 65.1 Å². The Balaban J connectivity index is 0.000000252. The Morgan fingerprint density at radius 3 is 1.70 bits per heavy atom. The predicted octanol–water partition coefficient (Wildman–Crippen LogP) is 3.32. The molecule has 3 rings (SSSR count). The minimum absolute atomic E-state index is 0.114. The molecule has 3 aromatic heterocycles. The highest BCUT2D eigenvalue weighted by molar-refractivity contribution is 6.29. The molecule has 0 unspecified atom stereocenters. The van der Waals surface area contributed by atoms with Gasteiger partial charge in [0.1, 0.15) is 17.1 Å². The third-order valence-corrected chi connectivity index (χ3v) is 3.58. The Morgan fingerprint density at radius 1 is 0.818 bits per heavy atom. The van der Waals surface area contributed by atoms with Crippen LogP contribution in [0, 0.1) is 0 Å². The van der Waals surface area contributed by atoms with Crippen LogP contribution in [-0.4, -0.2) is 63.6 Å². The van der Waals surface area contributed by atoms with Crippen LogP contribution in [0.2, 0.25) is 5.15 Å². The molecule has 0 N–H and O–H groups in total. The highest BCUT2D eigenvalue weighted by Gasteiger charge is 2.03. The van der Waals surface area contributed by atoms with Gasteiger partial charge in [-0.25, -0.2) is 9.97 Å². The van der Waals surface area contributed by atoms with Crippen LogP contribution in [0.4, 0.5) is 0 Å². The number of carbonyl (C=O) groups is 1. The summed E-state index contributed by atoms with van der Waals surface area (Å²) >= 11 is 5.47. The van der Waals surface area contributed by atoms with Crippen molar-refractivity contribution in [1.29, 1.82) is 0 Å². The minimum atomic E-state index is -0.114. The molecule has 0 aromatic carbocycles. The van der Waals surface area contributed by atoms with Crippen LogP contribution in [0.5, 0.6) is 17.6 Å². The summed E-state index contributed by atoms with van der Waals surface area (Å²) in [7, 11) is 4.53. The molecule has 0 aliphatic rings. The van der Waals surface area contributed by atoms with Gasteiger partial charge >= 0.3 is 0 Å². The first-order valence-electron chi connectivity index (χ1n) is 9.41. The van der Waals surface area contributed by atoms with Crippen LogP contribution < -0.4 is 14.2 Å². The lowest BCUT2D eigenvalue weighted by Crippen LogP contribution is -1.99. The number of nitrogens with zero attached hydrogens (tertiary/aromatic N) is 6. The van der Waals surface area contributed by atoms with Crippen molar-refractivity contribution >= 4 is 23.1 Å². The number of ether oxygens (including phenoxy) is 4. The highest BCUT2D eigenvalue weighted by Crippen LogP contribution is 2.12. The third kappa shape index (κ3) is 10.3. The number of methoxy groups -OCH3 is 3. The van der Waals surface area contributed by atoms with Gasteiger partial charge in [0.2, 0.25) is 17.6 Å². The normalized spacial score (nSPS) is 9.27. The zero-order chi connectivity index (χ0) is 24.6. The fourth-order valence-corrected chi connectivity index (χ4v) is 2.01. The molecule has 0 fully saturated rings. The standard InChI is InChI=1S/C9H12N2O2.C7H8N2O2.C5H5ClN2O/c1-4-13-7(2)8-5-10-6-9(11-8)12-3;1-5(10)6-3-8-4-7(9-6)11-2;1-9-5-3-7-2-4(6)8-5/h5-6H,2,4H2,1,3H3;3-4H,1-2H3;2-3H,1H3. The number of hydrogen-bond acceptors (Lipinski definition) is 11. The number of hydrogen-bond donors (Lipinski definition) is 0. The molecule has 11 nitrogen and oxygen atoms in total. The van der Waals surface area contributed by atoms with Gasteiger partial charge in [0.25, 0.3) is 0 Å². The van der Waals surface area contributed by atoms with E-state index in [1.165, 1.54) is 59.2 Å². The number of ketones is 1. The topological polar surface area (TPSA) is 131 Å². The van der Waals surface area contributed by atoms with E-state index in [1.807, 2.05) is 6.92 Å². The smallest absolute Gasteiger partial charge is 0.233 e.